The molecule has 4 heterocycles. The number of halogens is 2. The maximum atomic E-state index is 13.9. The van der Waals surface area contributed by atoms with Crippen molar-refractivity contribution in [2.45, 2.75) is 32.4 Å². The minimum atomic E-state index is -0.229. The van der Waals surface area contributed by atoms with Crippen molar-refractivity contribution < 1.29 is 8.78 Å². The van der Waals surface area contributed by atoms with Crippen LogP contribution in [-0.4, -0.2) is 32.4 Å². The van der Waals surface area contributed by atoms with Gasteiger partial charge in [-0.2, -0.15) is 0 Å². The first-order valence-electron chi connectivity index (χ1n) is 8.86. The summed E-state index contributed by atoms with van der Waals surface area (Å²) in [5.41, 5.74) is 4.19. The minimum absolute atomic E-state index is 0.0753. The van der Waals surface area contributed by atoms with Gasteiger partial charge in [-0.25, -0.2) is 13.8 Å². The van der Waals surface area contributed by atoms with Gasteiger partial charge in [-0.3, -0.25) is 0 Å². The summed E-state index contributed by atoms with van der Waals surface area (Å²) in [6, 6.07) is 1.47. The molecule has 0 N–H and O–H groups in total. The molecule has 3 unspecified atom stereocenters. The molecule has 0 amide bonds. The Kier molecular flexibility index (Phi) is 3.12. The van der Waals surface area contributed by atoms with Gasteiger partial charge in [-0.1, -0.05) is 0 Å². The lowest BCUT2D eigenvalue weighted by atomic mass is 10.1. The number of aromatic nitrogens is 2. The Hall–Kier alpha value is -2.63. The lowest BCUT2D eigenvalue weighted by Gasteiger charge is -2.32. The van der Waals surface area contributed by atoms with Crippen LogP contribution in [0.15, 0.2) is 54.0 Å². The van der Waals surface area contributed by atoms with E-state index in [-0.39, 0.29) is 17.8 Å². The van der Waals surface area contributed by atoms with Crippen LogP contribution >= 0.6 is 0 Å². The molecule has 134 valence electrons. The fourth-order valence-corrected chi connectivity index (χ4v) is 4.27. The largest absolute Gasteiger partial charge is 0.352 e. The van der Waals surface area contributed by atoms with Crippen LogP contribution in [0.2, 0.25) is 0 Å². The molecule has 2 aliphatic heterocycles. The van der Waals surface area contributed by atoms with Gasteiger partial charge in [0.1, 0.15) is 23.5 Å². The zero-order chi connectivity index (χ0) is 18.2. The van der Waals surface area contributed by atoms with Crippen molar-refractivity contribution in [3.05, 3.63) is 71.1 Å². The van der Waals surface area contributed by atoms with E-state index in [1.165, 1.54) is 17.8 Å². The molecule has 1 aliphatic carbocycles. The van der Waals surface area contributed by atoms with Gasteiger partial charge < -0.3 is 14.2 Å². The van der Waals surface area contributed by atoms with Crippen molar-refractivity contribution in [3.8, 4) is 0 Å². The van der Waals surface area contributed by atoms with Gasteiger partial charge >= 0.3 is 0 Å². The molecule has 6 heteroatoms. The second kappa shape index (κ2) is 5.19. The molecule has 1 fully saturated rings. The summed E-state index contributed by atoms with van der Waals surface area (Å²) in [6.07, 6.45) is 10.1. The fourth-order valence-electron chi connectivity index (χ4n) is 4.27. The highest BCUT2D eigenvalue weighted by Gasteiger charge is 2.48. The molecule has 2 aromatic heterocycles. The SMILES string of the molecule is CC1=C(F)C=CN2C=C(C3CC3c3cn4ccc(F)c(C)c4n3)N(C)C12. The summed E-state index contributed by atoms with van der Waals surface area (Å²) >= 11 is 0. The summed E-state index contributed by atoms with van der Waals surface area (Å²) in [5, 5.41) is 0. The van der Waals surface area contributed by atoms with E-state index >= 15 is 0 Å². The number of hydrogen-bond acceptors (Lipinski definition) is 3. The molecule has 5 rings (SSSR count). The molecule has 4 nitrogen and oxygen atoms in total. The number of imidazole rings is 1. The van der Waals surface area contributed by atoms with Gasteiger partial charge in [0.25, 0.3) is 0 Å². The quantitative estimate of drug-likeness (QED) is 0.812. The third-order valence-corrected chi connectivity index (χ3v) is 5.87. The number of hydrogen-bond donors (Lipinski definition) is 0. The Bertz CT molecular complexity index is 1020. The summed E-state index contributed by atoms with van der Waals surface area (Å²) < 4.78 is 29.6. The summed E-state index contributed by atoms with van der Waals surface area (Å²) in [5.74, 6) is 0.307. The number of allylic oxidation sites excluding steroid dienone is 3. The van der Waals surface area contributed by atoms with Crippen molar-refractivity contribution in [3.63, 3.8) is 0 Å². The Balaban J connectivity index is 1.43. The second-order valence-corrected chi connectivity index (χ2v) is 7.47. The van der Waals surface area contributed by atoms with E-state index in [1.54, 1.807) is 19.3 Å². The number of aryl methyl sites for hydroxylation is 1. The third kappa shape index (κ3) is 2.08. The molecule has 0 saturated heterocycles. The smallest absolute Gasteiger partial charge is 0.142 e. The van der Waals surface area contributed by atoms with Gasteiger partial charge in [0.2, 0.25) is 0 Å². The Morgan fingerprint density at radius 2 is 2.00 bits per heavy atom. The lowest BCUT2D eigenvalue weighted by Crippen LogP contribution is -2.37. The van der Waals surface area contributed by atoms with Crippen LogP contribution in [0, 0.1) is 18.7 Å². The normalized spacial score (nSPS) is 27.4. The first kappa shape index (κ1) is 15.6. The van der Waals surface area contributed by atoms with Crippen LogP contribution in [0.3, 0.4) is 0 Å². The zero-order valence-corrected chi connectivity index (χ0v) is 14.9. The van der Waals surface area contributed by atoms with Gasteiger partial charge in [0.15, 0.2) is 0 Å². The molecule has 0 bridgehead atoms. The summed E-state index contributed by atoms with van der Waals surface area (Å²) in [4.78, 5) is 8.90. The molecule has 0 radical (unpaired) electrons. The monoisotopic (exact) mass is 354 g/mol. The van der Waals surface area contributed by atoms with Crippen molar-refractivity contribution in [2.24, 2.45) is 5.92 Å². The number of fused-ring (bicyclic) bond motifs is 2. The molecular weight excluding hydrogens is 334 g/mol. The predicted octanol–water partition coefficient (Wildman–Crippen LogP) is 4.07. The fraction of sp³-hybridized carbons (Fsp3) is 0.350. The molecular formula is C20H20F2N4. The van der Waals surface area contributed by atoms with E-state index in [0.29, 0.717) is 23.0 Å². The lowest BCUT2D eigenvalue weighted by molar-refractivity contribution is 0.237. The average Bonchev–Trinajstić information content (AvgIpc) is 3.16. The first-order chi connectivity index (χ1) is 12.5. The molecule has 3 aliphatic rings. The predicted molar refractivity (Wildman–Crippen MR) is 95.2 cm³/mol. The van der Waals surface area contributed by atoms with E-state index in [0.717, 1.165) is 17.7 Å². The Labute approximate surface area is 150 Å². The maximum absolute atomic E-state index is 13.9. The summed E-state index contributed by atoms with van der Waals surface area (Å²) in [7, 11) is 2.02. The molecule has 26 heavy (non-hydrogen) atoms. The third-order valence-electron chi connectivity index (χ3n) is 5.87. The van der Waals surface area contributed by atoms with Crippen LogP contribution in [-0.2, 0) is 0 Å². The molecule has 3 atom stereocenters. The van der Waals surface area contributed by atoms with Crippen molar-refractivity contribution >= 4 is 5.65 Å². The van der Waals surface area contributed by atoms with Crippen LogP contribution < -0.4 is 0 Å². The van der Waals surface area contributed by atoms with Crippen molar-refractivity contribution in [1.82, 2.24) is 19.2 Å². The average molecular weight is 354 g/mol. The maximum Gasteiger partial charge on any atom is 0.142 e. The molecule has 0 spiro atoms. The highest BCUT2D eigenvalue weighted by molar-refractivity contribution is 5.50. The Morgan fingerprint density at radius 3 is 2.81 bits per heavy atom. The standard InChI is InChI=1S/C20H20F2N4/c1-11-15(21)4-6-25-9-17(23-19(11)25)13-8-14(13)18-10-26-7-5-16(22)12(2)20(26)24(18)3/h4-7,9-10,13-14,20H,8H2,1-3H3. The van der Waals surface area contributed by atoms with E-state index in [1.807, 2.05) is 24.6 Å². The van der Waals surface area contributed by atoms with Crippen LogP contribution in [0.4, 0.5) is 8.78 Å². The second-order valence-electron chi connectivity index (χ2n) is 7.47. The van der Waals surface area contributed by atoms with Gasteiger partial charge in [0.05, 0.1) is 5.69 Å². The number of likely N-dealkylation sites (N-methyl/N-ethyl adjacent to an activating group) is 1. The highest BCUT2D eigenvalue weighted by atomic mass is 19.1. The van der Waals surface area contributed by atoms with Crippen LogP contribution in [0.1, 0.15) is 30.5 Å². The first-order valence-corrected chi connectivity index (χ1v) is 8.86. The molecule has 0 aromatic carbocycles. The van der Waals surface area contributed by atoms with Gasteiger partial charge in [0, 0.05) is 60.5 Å². The zero-order valence-electron chi connectivity index (χ0n) is 14.9. The minimum Gasteiger partial charge on any atom is -0.352 e. The molecule has 2 aromatic rings. The van der Waals surface area contributed by atoms with Crippen LogP contribution in [0.5, 0.6) is 0 Å². The van der Waals surface area contributed by atoms with E-state index in [4.69, 9.17) is 0 Å². The van der Waals surface area contributed by atoms with Crippen molar-refractivity contribution in [2.75, 3.05) is 7.05 Å². The van der Waals surface area contributed by atoms with Crippen molar-refractivity contribution in [1.29, 1.82) is 0 Å². The van der Waals surface area contributed by atoms with Gasteiger partial charge in [-0.15, -0.1) is 0 Å². The summed E-state index contributed by atoms with van der Waals surface area (Å²) in [6.45, 7) is 3.60. The van der Waals surface area contributed by atoms with E-state index in [2.05, 4.69) is 21.0 Å². The van der Waals surface area contributed by atoms with E-state index < -0.39 is 0 Å². The number of rotatable bonds is 2. The number of pyridine rings is 1. The van der Waals surface area contributed by atoms with E-state index in [9.17, 15) is 8.78 Å². The number of nitrogens with zero attached hydrogens (tertiary/aromatic N) is 4. The molecule has 1 saturated carbocycles. The highest BCUT2D eigenvalue weighted by Crippen LogP contribution is 2.54. The van der Waals surface area contributed by atoms with Gasteiger partial charge in [-0.05, 0) is 32.4 Å². The van der Waals surface area contributed by atoms with Crippen LogP contribution in [0.25, 0.3) is 5.65 Å². The topological polar surface area (TPSA) is 23.8 Å². The Morgan fingerprint density at radius 1 is 1.19 bits per heavy atom.